The zero-order valence-corrected chi connectivity index (χ0v) is 16.1. The number of halogens is 1. The summed E-state index contributed by atoms with van der Waals surface area (Å²) in [5.74, 6) is -0.748. The van der Waals surface area contributed by atoms with Gasteiger partial charge in [-0.3, -0.25) is 9.48 Å². The molecule has 1 fully saturated rings. The fourth-order valence-corrected chi connectivity index (χ4v) is 2.70. The van der Waals surface area contributed by atoms with E-state index < -0.39 is 41.7 Å². The van der Waals surface area contributed by atoms with Gasteiger partial charge in [0.25, 0.3) is 5.91 Å². The molecule has 2 aromatic heterocycles. The Balaban J connectivity index is 1.73. The summed E-state index contributed by atoms with van der Waals surface area (Å²) in [6.45, 7) is 1.44. The van der Waals surface area contributed by atoms with E-state index >= 15 is 0 Å². The van der Waals surface area contributed by atoms with Gasteiger partial charge in [-0.05, 0) is 31.9 Å². The van der Waals surface area contributed by atoms with Crippen LogP contribution in [-0.4, -0.2) is 31.7 Å². The second-order valence-corrected chi connectivity index (χ2v) is 6.94. The van der Waals surface area contributed by atoms with Gasteiger partial charge in [0.05, 0.1) is 46.4 Å². The highest BCUT2D eigenvalue weighted by atomic mass is 35.5. The molecule has 146 valence electrons. The molecule has 3 aromatic rings. The molecule has 1 atom stereocenters. The number of carbonyl (C=O) groups excluding carboxylic acids is 1. The van der Waals surface area contributed by atoms with Crippen molar-refractivity contribution in [2.75, 3.05) is 5.32 Å². The van der Waals surface area contributed by atoms with Crippen molar-refractivity contribution >= 4 is 29.1 Å². The highest BCUT2D eigenvalue weighted by molar-refractivity contribution is 6.32. The van der Waals surface area contributed by atoms with Crippen LogP contribution in [0.1, 0.15) is 41.6 Å². The lowest BCUT2D eigenvalue weighted by Crippen LogP contribution is -2.31. The van der Waals surface area contributed by atoms with E-state index in [4.69, 9.17) is 22.3 Å². The number of anilines is 2. The van der Waals surface area contributed by atoms with Gasteiger partial charge in [-0.2, -0.15) is 10.4 Å². The van der Waals surface area contributed by atoms with Gasteiger partial charge in [-0.25, -0.2) is 9.97 Å². The molecule has 0 spiro atoms. The van der Waals surface area contributed by atoms with E-state index in [9.17, 15) is 4.79 Å². The van der Waals surface area contributed by atoms with Crippen molar-refractivity contribution in [2.24, 2.45) is 0 Å². The van der Waals surface area contributed by atoms with Crippen LogP contribution in [0.3, 0.4) is 0 Å². The molecule has 2 N–H and O–H groups in total. The van der Waals surface area contributed by atoms with Crippen LogP contribution in [0.4, 0.5) is 11.6 Å². The minimum Gasteiger partial charge on any atom is -0.337 e. The van der Waals surface area contributed by atoms with Crippen LogP contribution in [0.5, 0.6) is 0 Å². The molecule has 0 radical (unpaired) electrons. The van der Waals surface area contributed by atoms with Crippen molar-refractivity contribution in [1.29, 1.82) is 5.26 Å². The van der Waals surface area contributed by atoms with Gasteiger partial charge < -0.3 is 10.6 Å². The van der Waals surface area contributed by atoms with Gasteiger partial charge in [0.1, 0.15) is 6.04 Å². The van der Waals surface area contributed by atoms with Crippen molar-refractivity contribution in [3.63, 3.8) is 0 Å². The molecular formula is C20H18ClN7O. The molecule has 4 rings (SSSR count). The van der Waals surface area contributed by atoms with E-state index in [-0.39, 0.29) is 22.2 Å². The average molecular weight is 412 g/mol. The van der Waals surface area contributed by atoms with E-state index in [2.05, 4.69) is 25.7 Å². The third-order valence-electron chi connectivity index (χ3n) is 4.15. The molecule has 0 unspecified atom stereocenters. The van der Waals surface area contributed by atoms with Crippen molar-refractivity contribution in [3.8, 4) is 17.3 Å². The highest BCUT2D eigenvalue weighted by Crippen LogP contribution is 2.35. The molecule has 1 saturated carbocycles. The first-order valence-electron chi connectivity index (χ1n) is 10.9. The van der Waals surface area contributed by atoms with Gasteiger partial charge >= 0.3 is 0 Å². The summed E-state index contributed by atoms with van der Waals surface area (Å²) in [6, 6.07) is -0.754. The maximum Gasteiger partial charge on any atom is 0.252 e. The number of hydrogen-bond acceptors (Lipinski definition) is 6. The first-order valence-corrected chi connectivity index (χ1v) is 9.24. The second-order valence-electron chi connectivity index (χ2n) is 6.53. The van der Waals surface area contributed by atoms with Crippen LogP contribution in [-0.2, 0) is 0 Å². The van der Waals surface area contributed by atoms with Crippen molar-refractivity contribution in [1.82, 2.24) is 25.1 Å². The van der Waals surface area contributed by atoms with Gasteiger partial charge in [0.15, 0.2) is 0 Å². The Morgan fingerprint density at radius 1 is 1.38 bits per heavy atom. The normalized spacial score (nSPS) is 16.0. The summed E-state index contributed by atoms with van der Waals surface area (Å²) in [7, 11) is 0. The Morgan fingerprint density at radius 3 is 2.83 bits per heavy atom. The maximum atomic E-state index is 12.4. The van der Waals surface area contributed by atoms with Crippen LogP contribution >= 0.6 is 11.6 Å². The first-order chi connectivity index (χ1) is 15.7. The van der Waals surface area contributed by atoms with Crippen LogP contribution in [0.15, 0.2) is 42.8 Å². The smallest absolute Gasteiger partial charge is 0.252 e. The first kappa shape index (κ1) is 14.5. The molecule has 1 amide bonds. The number of nitriles is 1. The van der Waals surface area contributed by atoms with E-state index in [1.165, 1.54) is 13.1 Å². The number of rotatable bonds is 6. The summed E-state index contributed by atoms with van der Waals surface area (Å²) in [6.07, 6.45) is 6.89. The number of amides is 1. The van der Waals surface area contributed by atoms with Gasteiger partial charge in [-0.1, -0.05) is 23.7 Å². The number of carbonyl (C=O) groups is 1. The fourth-order valence-electron chi connectivity index (χ4n) is 2.52. The van der Waals surface area contributed by atoms with E-state index in [1.54, 1.807) is 6.20 Å². The SMILES string of the molecule is [2H]c1c([2H])c(-c2nc(Nc3cnn(C4CC4)c3)ncc2Cl)c([2H])c([2H])c1C(=O)N[C@@H](C)C#N. The predicted octanol–water partition coefficient (Wildman–Crippen LogP) is 3.71. The van der Waals surface area contributed by atoms with Crippen LogP contribution in [0.25, 0.3) is 11.3 Å². The van der Waals surface area contributed by atoms with Gasteiger partial charge in [-0.15, -0.1) is 0 Å². The third kappa shape index (κ3) is 4.36. The van der Waals surface area contributed by atoms with E-state index in [0.717, 1.165) is 12.8 Å². The molecule has 9 heteroatoms. The summed E-state index contributed by atoms with van der Waals surface area (Å²) < 4.78 is 35.1. The van der Waals surface area contributed by atoms with Gasteiger partial charge in [0.2, 0.25) is 5.95 Å². The summed E-state index contributed by atoms with van der Waals surface area (Å²) in [5.41, 5.74) is -0.00247. The van der Waals surface area contributed by atoms with Gasteiger partial charge in [0, 0.05) is 17.3 Å². The molecular weight excluding hydrogens is 390 g/mol. The zero-order valence-electron chi connectivity index (χ0n) is 19.3. The Kier molecular flexibility index (Phi) is 3.96. The largest absolute Gasteiger partial charge is 0.337 e. The molecule has 0 bridgehead atoms. The molecule has 1 aliphatic rings. The standard InChI is InChI=1S/C20H18ClN7O/c1-12(8-22)25-19(29)14-4-2-13(3-5-14)18-17(21)10-23-20(27-18)26-15-9-24-28(11-15)16-6-7-16/h2-5,9-12,16H,6-7H2,1H3,(H,25,29)(H,23,26,27)/t12-/m0/s1/i2D,3D,4D,5D. The lowest BCUT2D eigenvalue weighted by molar-refractivity contribution is 0.0948. The topological polar surface area (TPSA) is 109 Å². The summed E-state index contributed by atoms with van der Waals surface area (Å²) in [4.78, 5) is 20.9. The summed E-state index contributed by atoms with van der Waals surface area (Å²) in [5, 5.41) is 18.5. The van der Waals surface area contributed by atoms with Crippen molar-refractivity contribution < 1.29 is 10.3 Å². The minimum atomic E-state index is -0.878. The third-order valence-corrected chi connectivity index (χ3v) is 4.43. The Bertz CT molecular complexity index is 1270. The van der Waals surface area contributed by atoms with Crippen molar-refractivity contribution in [2.45, 2.75) is 31.8 Å². The summed E-state index contributed by atoms with van der Waals surface area (Å²) >= 11 is 6.25. The zero-order chi connectivity index (χ0) is 23.9. The Hall–Kier alpha value is -3.44. The number of hydrogen-bond donors (Lipinski definition) is 2. The van der Waals surface area contributed by atoms with Crippen LogP contribution in [0, 0.1) is 11.3 Å². The van der Waals surface area contributed by atoms with E-state index in [1.807, 2.05) is 16.9 Å². The Morgan fingerprint density at radius 2 is 2.14 bits per heavy atom. The van der Waals surface area contributed by atoms with E-state index in [0.29, 0.717) is 11.7 Å². The lowest BCUT2D eigenvalue weighted by Gasteiger charge is -2.09. The van der Waals surface area contributed by atoms with Crippen LogP contribution in [0.2, 0.25) is 5.02 Å². The number of aromatic nitrogens is 4. The monoisotopic (exact) mass is 411 g/mol. The Labute approximate surface area is 178 Å². The minimum absolute atomic E-state index is 0.0156. The molecule has 2 heterocycles. The average Bonchev–Trinajstić information content (AvgIpc) is 3.53. The molecule has 29 heavy (non-hydrogen) atoms. The number of benzene rings is 1. The lowest BCUT2D eigenvalue weighted by atomic mass is 10.1. The van der Waals surface area contributed by atoms with Crippen molar-refractivity contribution in [3.05, 3.63) is 53.3 Å². The second kappa shape index (κ2) is 7.89. The number of nitrogens with zero attached hydrogens (tertiary/aromatic N) is 5. The maximum absolute atomic E-state index is 12.4. The predicted molar refractivity (Wildman–Crippen MR) is 109 cm³/mol. The molecule has 0 aliphatic heterocycles. The number of nitrogens with one attached hydrogen (secondary N) is 2. The highest BCUT2D eigenvalue weighted by Gasteiger charge is 2.24. The quantitative estimate of drug-likeness (QED) is 0.639. The molecule has 0 saturated heterocycles. The molecule has 8 nitrogen and oxygen atoms in total. The van der Waals surface area contributed by atoms with Crippen LogP contribution < -0.4 is 10.6 Å². The fraction of sp³-hybridized carbons (Fsp3) is 0.250. The molecule has 1 aliphatic carbocycles. The molecule has 1 aromatic carbocycles.